The van der Waals surface area contributed by atoms with E-state index in [1.807, 2.05) is 0 Å². The molecule has 0 saturated carbocycles. The molecule has 0 aliphatic carbocycles. The van der Waals surface area contributed by atoms with E-state index in [9.17, 15) is 14.4 Å². The van der Waals surface area contributed by atoms with Crippen LogP contribution < -0.4 is 24.8 Å². The summed E-state index contributed by atoms with van der Waals surface area (Å²) in [5.41, 5.74) is 1.42. The lowest BCUT2D eigenvalue weighted by Gasteiger charge is -2.19. The quantitative estimate of drug-likeness (QED) is 0.695. The number of fused-ring (bicyclic) bond motifs is 1. The van der Waals surface area contributed by atoms with Gasteiger partial charge in [-0.15, -0.1) is 0 Å². The van der Waals surface area contributed by atoms with Crippen LogP contribution >= 0.6 is 0 Å². The van der Waals surface area contributed by atoms with Crippen molar-refractivity contribution in [2.24, 2.45) is 0 Å². The molecule has 0 aromatic heterocycles. The van der Waals surface area contributed by atoms with Crippen LogP contribution in [-0.2, 0) is 9.59 Å². The Morgan fingerprint density at radius 2 is 1.72 bits per heavy atom. The van der Waals surface area contributed by atoms with Gasteiger partial charge < -0.3 is 24.8 Å². The van der Waals surface area contributed by atoms with Gasteiger partial charge in [0, 0.05) is 18.6 Å². The van der Waals surface area contributed by atoms with Crippen LogP contribution in [0.3, 0.4) is 0 Å². The number of amides is 2. The molecule has 8 heteroatoms. The fourth-order valence-electron chi connectivity index (χ4n) is 3.06. The Labute approximate surface area is 168 Å². The van der Waals surface area contributed by atoms with Gasteiger partial charge in [-0.05, 0) is 30.7 Å². The number of methoxy groups -OCH3 is 1. The fourth-order valence-corrected chi connectivity index (χ4v) is 3.06. The van der Waals surface area contributed by atoms with Gasteiger partial charge in [0.05, 0.1) is 25.3 Å². The van der Waals surface area contributed by atoms with Crippen LogP contribution in [0.1, 0.15) is 42.2 Å². The highest BCUT2D eigenvalue weighted by Crippen LogP contribution is 2.37. The van der Waals surface area contributed by atoms with E-state index >= 15 is 0 Å². The number of benzene rings is 2. The molecule has 1 aliphatic heterocycles. The number of hydrogen-bond donors (Lipinski definition) is 2. The van der Waals surface area contributed by atoms with E-state index < -0.39 is 6.04 Å². The molecule has 0 spiro atoms. The van der Waals surface area contributed by atoms with E-state index in [1.54, 1.807) is 43.5 Å². The van der Waals surface area contributed by atoms with E-state index in [2.05, 4.69) is 10.6 Å². The van der Waals surface area contributed by atoms with Crippen LogP contribution in [0.25, 0.3) is 0 Å². The average Bonchev–Trinajstić information content (AvgIpc) is 3.13. The molecule has 1 atom stereocenters. The van der Waals surface area contributed by atoms with Crippen molar-refractivity contribution in [3.05, 3.63) is 47.5 Å². The molecular weight excluding hydrogens is 376 g/mol. The number of carbonyl (C=O) groups is 3. The fraction of sp³-hybridized carbons (Fsp3) is 0.286. The largest absolute Gasteiger partial charge is 0.497 e. The van der Waals surface area contributed by atoms with Crippen molar-refractivity contribution in [2.45, 2.75) is 26.3 Å². The second-order valence-corrected chi connectivity index (χ2v) is 6.59. The smallest absolute Gasteiger partial charge is 0.231 e. The Balaban J connectivity index is 1.79. The summed E-state index contributed by atoms with van der Waals surface area (Å²) in [6, 6.07) is 9.67. The van der Waals surface area contributed by atoms with Crippen molar-refractivity contribution in [3.8, 4) is 17.2 Å². The van der Waals surface area contributed by atoms with Gasteiger partial charge in [0.25, 0.3) is 0 Å². The van der Waals surface area contributed by atoms with E-state index in [-0.39, 0.29) is 30.8 Å². The highest BCUT2D eigenvalue weighted by atomic mass is 16.7. The lowest BCUT2D eigenvalue weighted by molar-refractivity contribution is -0.120. The Bertz CT molecular complexity index is 939. The van der Waals surface area contributed by atoms with Gasteiger partial charge in [-0.3, -0.25) is 14.4 Å². The number of carbonyl (C=O) groups excluding carboxylic acids is 3. The molecule has 2 N–H and O–H groups in total. The monoisotopic (exact) mass is 398 g/mol. The molecule has 0 bridgehead atoms. The molecule has 0 radical (unpaired) electrons. The van der Waals surface area contributed by atoms with E-state index in [0.717, 1.165) is 5.56 Å². The first-order chi connectivity index (χ1) is 13.9. The molecule has 0 saturated heterocycles. The number of ether oxygens (including phenoxy) is 3. The van der Waals surface area contributed by atoms with Crippen molar-refractivity contribution in [2.75, 3.05) is 19.2 Å². The van der Waals surface area contributed by atoms with Gasteiger partial charge >= 0.3 is 0 Å². The van der Waals surface area contributed by atoms with Crippen molar-refractivity contribution < 1.29 is 28.6 Å². The van der Waals surface area contributed by atoms with Gasteiger partial charge in [0.15, 0.2) is 17.3 Å². The minimum absolute atomic E-state index is 0.0162. The maximum atomic E-state index is 12.7. The van der Waals surface area contributed by atoms with Gasteiger partial charge in [0.1, 0.15) is 5.75 Å². The van der Waals surface area contributed by atoms with Gasteiger partial charge in [-0.1, -0.05) is 12.1 Å². The number of rotatable bonds is 7. The zero-order chi connectivity index (χ0) is 21.0. The van der Waals surface area contributed by atoms with Gasteiger partial charge in [-0.25, -0.2) is 0 Å². The summed E-state index contributed by atoms with van der Waals surface area (Å²) in [6.45, 7) is 2.86. The summed E-state index contributed by atoms with van der Waals surface area (Å²) in [7, 11) is 1.56. The Morgan fingerprint density at radius 1 is 1.07 bits per heavy atom. The van der Waals surface area contributed by atoms with Crippen molar-refractivity contribution in [1.82, 2.24) is 5.32 Å². The summed E-state index contributed by atoms with van der Waals surface area (Å²) in [5, 5.41) is 5.52. The van der Waals surface area contributed by atoms with Crippen molar-refractivity contribution in [1.29, 1.82) is 0 Å². The predicted molar refractivity (Wildman–Crippen MR) is 105 cm³/mol. The molecule has 2 aromatic rings. The molecule has 1 aliphatic rings. The van der Waals surface area contributed by atoms with Crippen LogP contribution in [-0.4, -0.2) is 31.5 Å². The molecular formula is C21H22N2O6. The van der Waals surface area contributed by atoms with Crippen molar-refractivity contribution in [3.63, 3.8) is 0 Å². The van der Waals surface area contributed by atoms with Crippen LogP contribution in [0.2, 0.25) is 0 Å². The molecule has 2 aromatic carbocycles. The zero-order valence-electron chi connectivity index (χ0n) is 16.4. The van der Waals surface area contributed by atoms with Crippen LogP contribution in [0.4, 0.5) is 5.69 Å². The summed E-state index contributed by atoms with van der Waals surface area (Å²) < 4.78 is 15.8. The second kappa shape index (κ2) is 8.64. The Morgan fingerprint density at radius 3 is 2.31 bits per heavy atom. The number of nitrogens with one attached hydrogen (secondary N) is 2. The van der Waals surface area contributed by atoms with E-state index in [4.69, 9.17) is 14.2 Å². The molecule has 3 rings (SSSR count). The third-order valence-corrected chi connectivity index (χ3v) is 4.45. The van der Waals surface area contributed by atoms with E-state index in [1.165, 1.54) is 13.8 Å². The predicted octanol–water partition coefficient (Wildman–Crippen LogP) is 2.83. The topological polar surface area (TPSA) is 103 Å². The third-order valence-electron chi connectivity index (χ3n) is 4.45. The minimum atomic E-state index is -0.534. The molecule has 152 valence electrons. The lowest BCUT2D eigenvalue weighted by atomic mass is 10.0. The zero-order valence-corrected chi connectivity index (χ0v) is 16.4. The summed E-state index contributed by atoms with van der Waals surface area (Å²) in [5.74, 6) is 0.756. The molecule has 2 amide bonds. The van der Waals surface area contributed by atoms with Crippen LogP contribution in [0, 0.1) is 0 Å². The molecule has 29 heavy (non-hydrogen) atoms. The molecule has 0 unspecified atom stereocenters. The van der Waals surface area contributed by atoms with E-state index in [0.29, 0.717) is 28.5 Å². The number of hydrogen-bond acceptors (Lipinski definition) is 6. The number of anilines is 1. The highest BCUT2D eigenvalue weighted by Gasteiger charge is 2.22. The summed E-state index contributed by atoms with van der Waals surface area (Å²) >= 11 is 0. The molecule has 0 fully saturated rings. The molecule has 1 heterocycles. The van der Waals surface area contributed by atoms with Crippen LogP contribution in [0.5, 0.6) is 17.2 Å². The van der Waals surface area contributed by atoms with Gasteiger partial charge in [-0.2, -0.15) is 0 Å². The highest BCUT2D eigenvalue weighted by molar-refractivity contribution is 6.04. The van der Waals surface area contributed by atoms with Crippen LogP contribution in [0.15, 0.2) is 36.4 Å². The Kier molecular flexibility index (Phi) is 6.01. The number of ketones is 1. The normalized spacial score (nSPS) is 12.8. The molecule has 8 nitrogen and oxygen atoms in total. The first-order valence-electron chi connectivity index (χ1n) is 9.03. The maximum Gasteiger partial charge on any atom is 0.231 e. The average molecular weight is 398 g/mol. The van der Waals surface area contributed by atoms with Gasteiger partial charge in [0.2, 0.25) is 18.6 Å². The second-order valence-electron chi connectivity index (χ2n) is 6.59. The first-order valence-corrected chi connectivity index (χ1v) is 9.03. The number of Topliss-reactive ketones (excluding diaryl/α,β-unsaturated/α-hetero) is 1. The third kappa shape index (κ3) is 4.84. The lowest BCUT2D eigenvalue weighted by Crippen LogP contribution is -2.30. The SMILES string of the molecule is COc1ccc([C@H](CC(=O)Nc2cc3c(cc2C(C)=O)OCO3)NC(C)=O)cc1. The first kappa shape index (κ1) is 20.2. The Hall–Kier alpha value is -3.55. The standard InChI is InChI=1S/C21H22N2O6/c1-12(24)16-8-19-20(29-11-28-19)9-18(16)23-21(26)10-17(22-13(2)25)14-4-6-15(27-3)7-5-14/h4-9,17H,10-11H2,1-3H3,(H,22,25)(H,23,26)/t17-/m0/s1. The summed E-state index contributed by atoms with van der Waals surface area (Å²) in [4.78, 5) is 36.3. The maximum absolute atomic E-state index is 12.7. The summed E-state index contributed by atoms with van der Waals surface area (Å²) in [6.07, 6.45) is -0.0162. The van der Waals surface area contributed by atoms with Crippen molar-refractivity contribution >= 4 is 23.3 Å². The minimum Gasteiger partial charge on any atom is -0.497 e.